The standard InChI is InChI=1S/C14H19NO2/c1-5-10-6-11-8-15(9(2)3)14(16)12(11)7-13(10)17-4/h6-7,9H,5,8H2,1-4H3. The molecule has 1 aliphatic rings. The van der Waals surface area contributed by atoms with Gasteiger partial charge >= 0.3 is 0 Å². The molecule has 0 unspecified atom stereocenters. The van der Waals surface area contributed by atoms with Gasteiger partial charge in [0.15, 0.2) is 0 Å². The van der Waals surface area contributed by atoms with Crippen LogP contribution in [0.5, 0.6) is 5.75 Å². The van der Waals surface area contributed by atoms with Crippen molar-refractivity contribution in [1.82, 2.24) is 4.90 Å². The van der Waals surface area contributed by atoms with Crippen molar-refractivity contribution in [2.24, 2.45) is 0 Å². The Morgan fingerprint density at radius 3 is 2.65 bits per heavy atom. The molecule has 0 bridgehead atoms. The highest BCUT2D eigenvalue weighted by atomic mass is 16.5. The Kier molecular flexibility index (Phi) is 3.09. The Hall–Kier alpha value is -1.51. The summed E-state index contributed by atoms with van der Waals surface area (Å²) in [5.74, 6) is 0.946. The third-order valence-electron chi connectivity index (χ3n) is 3.34. The van der Waals surface area contributed by atoms with E-state index in [-0.39, 0.29) is 11.9 Å². The second kappa shape index (κ2) is 4.40. The molecule has 0 saturated heterocycles. The molecule has 0 aromatic heterocycles. The van der Waals surface area contributed by atoms with Gasteiger partial charge in [-0.05, 0) is 43.5 Å². The van der Waals surface area contributed by atoms with Gasteiger partial charge in [0.05, 0.1) is 7.11 Å². The van der Waals surface area contributed by atoms with Crippen LogP contribution in [0.15, 0.2) is 12.1 Å². The number of aryl methyl sites for hydroxylation is 1. The molecule has 0 radical (unpaired) electrons. The normalized spacial score (nSPS) is 14.4. The van der Waals surface area contributed by atoms with E-state index in [1.165, 1.54) is 5.56 Å². The summed E-state index contributed by atoms with van der Waals surface area (Å²) >= 11 is 0. The number of amides is 1. The van der Waals surface area contributed by atoms with Gasteiger partial charge < -0.3 is 9.64 Å². The lowest BCUT2D eigenvalue weighted by atomic mass is 10.0. The minimum absolute atomic E-state index is 0.121. The number of methoxy groups -OCH3 is 1. The summed E-state index contributed by atoms with van der Waals surface area (Å²) in [6, 6.07) is 4.24. The second-order valence-corrected chi connectivity index (χ2v) is 4.70. The van der Waals surface area contributed by atoms with E-state index in [1.807, 2.05) is 24.8 Å². The van der Waals surface area contributed by atoms with Crippen LogP contribution in [0.4, 0.5) is 0 Å². The first-order valence-electron chi connectivity index (χ1n) is 6.09. The average molecular weight is 233 g/mol. The van der Waals surface area contributed by atoms with E-state index in [1.54, 1.807) is 7.11 Å². The van der Waals surface area contributed by atoms with Crippen LogP contribution in [0.2, 0.25) is 0 Å². The molecule has 1 amide bonds. The van der Waals surface area contributed by atoms with E-state index in [2.05, 4.69) is 13.0 Å². The average Bonchev–Trinajstić information content (AvgIpc) is 2.64. The topological polar surface area (TPSA) is 29.5 Å². The van der Waals surface area contributed by atoms with Crippen LogP contribution in [-0.4, -0.2) is 24.0 Å². The molecule has 2 rings (SSSR count). The van der Waals surface area contributed by atoms with Gasteiger partial charge in [-0.2, -0.15) is 0 Å². The minimum atomic E-state index is 0.121. The monoisotopic (exact) mass is 233 g/mol. The van der Waals surface area contributed by atoms with Gasteiger partial charge in [0, 0.05) is 18.2 Å². The van der Waals surface area contributed by atoms with E-state index in [4.69, 9.17) is 4.74 Å². The predicted octanol–water partition coefficient (Wildman–Crippen LogP) is 2.62. The number of fused-ring (bicyclic) bond motifs is 1. The number of carbonyl (C=O) groups excluding carboxylic acids is 1. The van der Waals surface area contributed by atoms with E-state index in [0.29, 0.717) is 0 Å². The molecule has 1 aromatic carbocycles. The number of rotatable bonds is 3. The lowest BCUT2D eigenvalue weighted by Gasteiger charge is -2.19. The highest BCUT2D eigenvalue weighted by Gasteiger charge is 2.30. The van der Waals surface area contributed by atoms with Crippen molar-refractivity contribution >= 4 is 5.91 Å². The molecule has 0 saturated carbocycles. The lowest BCUT2D eigenvalue weighted by molar-refractivity contribution is 0.0730. The number of hydrogen-bond acceptors (Lipinski definition) is 2. The van der Waals surface area contributed by atoms with E-state index < -0.39 is 0 Å². The number of hydrogen-bond donors (Lipinski definition) is 0. The molecule has 1 aliphatic heterocycles. The Morgan fingerprint density at radius 2 is 2.12 bits per heavy atom. The molecule has 3 nitrogen and oxygen atoms in total. The summed E-state index contributed by atoms with van der Waals surface area (Å²) in [5, 5.41) is 0. The van der Waals surface area contributed by atoms with Crippen molar-refractivity contribution in [3.63, 3.8) is 0 Å². The fraction of sp³-hybridized carbons (Fsp3) is 0.500. The molecular weight excluding hydrogens is 214 g/mol. The van der Waals surface area contributed by atoms with Crippen LogP contribution in [-0.2, 0) is 13.0 Å². The fourth-order valence-electron chi connectivity index (χ4n) is 2.30. The maximum atomic E-state index is 12.2. The molecule has 0 spiro atoms. The SMILES string of the molecule is CCc1cc2c(cc1OC)C(=O)N(C(C)C)C2. The minimum Gasteiger partial charge on any atom is -0.496 e. The Morgan fingerprint density at radius 1 is 1.41 bits per heavy atom. The molecule has 0 N–H and O–H groups in total. The maximum Gasteiger partial charge on any atom is 0.254 e. The Bertz CT molecular complexity index is 452. The van der Waals surface area contributed by atoms with Gasteiger partial charge in [-0.1, -0.05) is 6.92 Å². The number of nitrogens with zero attached hydrogens (tertiary/aromatic N) is 1. The summed E-state index contributed by atoms with van der Waals surface area (Å²) in [6.07, 6.45) is 0.923. The van der Waals surface area contributed by atoms with Crippen molar-refractivity contribution < 1.29 is 9.53 Å². The van der Waals surface area contributed by atoms with Crippen molar-refractivity contribution in [2.75, 3.05) is 7.11 Å². The molecule has 1 heterocycles. The fourth-order valence-corrected chi connectivity index (χ4v) is 2.30. The molecule has 0 fully saturated rings. The zero-order chi connectivity index (χ0) is 12.6. The third-order valence-corrected chi connectivity index (χ3v) is 3.34. The van der Waals surface area contributed by atoms with E-state index >= 15 is 0 Å². The Balaban J connectivity index is 2.45. The van der Waals surface area contributed by atoms with E-state index in [9.17, 15) is 4.79 Å². The van der Waals surface area contributed by atoms with Gasteiger partial charge in [0.2, 0.25) is 0 Å². The van der Waals surface area contributed by atoms with Gasteiger partial charge in [0.25, 0.3) is 5.91 Å². The van der Waals surface area contributed by atoms with Gasteiger partial charge in [0.1, 0.15) is 5.75 Å². The highest BCUT2D eigenvalue weighted by molar-refractivity contribution is 5.99. The van der Waals surface area contributed by atoms with Crippen molar-refractivity contribution in [3.8, 4) is 5.75 Å². The van der Waals surface area contributed by atoms with E-state index in [0.717, 1.165) is 29.8 Å². The summed E-state index contributed by atoms with van der Waals surface area (Å²) in [5.41, 5.74) is 3.10. The maximum absolute atomic E-state index is 12.2. The highest BCUT2D eigenvalue weighted by Crippen LogP contribution is 2.31. The summed E-state index contributed by atoms with van der Waals surface area (Å²) in [4.78, 5) is 14.1. The molecule has 92 valence electrons. The molecule has 3 heteroatoms. The van der Waals surface area contributed by atoms with Crippen LogP contribution in [0.25, 0.3) is 0 Å². The second-order valence-electron chi connectivity index (χ2n) is 4.70. The van der Waals surface area contributed by atoms with Crippen molar-refractivity contribution in [1.29, 1.82) is 0 Å². The molecule has 0 atom stereocenters. The molecule has 0 aliphatic carbocycles. The smallest absolute Gasteiger partial charge is 0.254 e. The van der Waals surface area contributed by atoms with Gasteiger partial charge in [-0.25, -0.2) is 0 Å². The Labute approximate surface area is 102 Å². The lowest BCUT2D eigenvalue weighted by Crippen LogP contribution is -2.30. The largest absolute Gasteiger partial charge is 0.496 e. The summed E-state index contributed by atoms with van der Waals surface area (Å²) in [6.45, 7) is 6.91. The number of benzene rings is 1. The zero-order valence-electron chi connectivity index (χ0n) is 10.9. The van der Waals surface area contributed by atoms with Crippen molar-refractivity contribution in [2.45, 2.75) is 39.8 Å². The molecule has 17 heavy (non-hydrogen) atoms. The summed E-state index contributed by atoms with van der Waals surface area (Å²) in [7, 11) is 1.65. The first-order valence-corrected chi connectivity index (χ1v) is 6.09. The predicted molar refractivity (Wildman–Crippen MR) is 67.4 cm³/mol. The third kappa shape index (κ3) is 1.90. The number of ether oxygens (including phenoxy) is 1. The summed E-state index contributed by atoms with van der Waals surface area (Å²) < 4.78 is 5.33. The van der Waals surface area contributed by atoms with Crippen LogP contribution in [0.3, 0.4) is 0 Å². The van der Waals surface area contributed by atoms with Crippen LogP contribution in [0.1, 0.15) is 42.3 Å². The van der Waals surface area contributed by atoms with Crippen LogP contribution >= 0.6 is 0 Å². The first-order chi connectivity index (χ1) is 8.08. The van der Waals surface area contributed by atoms with Crippen LogP contribution < -0.4 is 4.74 Å². The molecular formula is C14H19NO2. The van der Waals surface area contributed by atoms with Gasteiger partial charge in [-0.15, -0.1) is 0 Å². The zero-order valence-corrected chi connectivity index (χ0v) is 10.9. The molecule has 1 aromatic rings. The first kappa shape index (κ1) is 12.0. The van der Waals surface area contributed by atoms with Crippen LogP contribution in [0, 0.1) is 0 Å². The quantitative estimate of drug-likeness (QED) is 0.803. The number of carbonyl (C=O) groups is 1. The van der Waals surface area contributed by atoms with Crippen molar-refractivity contribution in [3.05, 3.63) is 28.8 Å². The van der Waals surface area contributed by atoms with Gasteiger partial charge in [-0.3, -0.25) is 4.79 Å².